The number of carbonyl (C=O) groups is 1. The maximum Gasteiger partial charge on any atom is 0.254 e. The molecule has 5 nitrogen and oxygen atoms in total. The lowest BCUT2D eigenvalue weighted by Crippen LogP contribution is -2.41. The highest BCUT2D eigenvalue weighted by Gasteiger charge is 2.25. The molecule has 4 aromatic rings. The lowest BCUT2D eigenvalue weighted by Gasteiger charge is -2.29. The summed E-state index contributed by atoms with van der Waals surface area (Å²) in [4.78, 5) is 20.4. The van der Waals surface area contributed by atoms with Crippen LogP contribution in [0.15, 0.2) is 78.9 Å². The van der Waals surface area contributed by atoms with Gasteiger partial charge in [-0.3, -0.25) is 4.79 Å². The highest BCUT2D eigenvalue weighted by Crippen LogP contribution is 2.34. The van der Waals surface area contributed by atoms with Crippen molar-refractivity contribution < 1.29 is 14.3 Å². The standard InChI is InChI=1S/C32H32N2O3/c1-34(20-25-21-36-30-13-7-8-14-31(30)37-25)32(35)27-19-29(33-28-12-6-5-11-26(27)28)24-17-15-23(16-18-24)22-9-3-2-4-10-22/h5-8,11-19,22,25H,2-4,9-10,20-21H2,1H3/t25-/m1/s1. The Morgan fingerprint density at radius 2 is 1.65 bits per heavy atom. The van der Waals surface area contributed by atoms with Gasteiger partial charge in [-0.1, -0.05) is 73.9 Å². The largest absolute Gasteiger partial charge is 0.486 e. The lowest BCUT2D eigenvalue weighted by molar-refractivity contribution is 0.0522. The van der Waals surface area contributed by atoms with E-state index >= 15 is 0 Å². The summed E-state index contributed by atoms with van der Waals surface area (Å²) in [7, 11) is 1.82. The molecule has 1 atom stereocenters. The summed E-state index contributed by atoms with van der Waals surface area (Å²) >= 11 is 0. The molecule has 2 aliphatic rings. The summed E-state index contributed by atoms with van der Waals surface area (Å²) in [6.07, 6.45) is 6.32. The fourth-order valence-electron chi connectivity index (χ4n) is 5.61. The topological polar surface area (TPSA) is 51.7 Å². The first-order chi connectivity index (χ1) is 18.2. The Balaban J connectivity index is 1.26. The third-order valence-corrected chi connectivity index (χ3v) is 7.62. The Morgan fingerprint density at radius 3 is 2.46 bits per heavy atom. The van der Waals surface area contributed by atoms with E-state index < -0.39 is 0 Å². The van der Waals surface area contributed by atoms with Crippen LogP contribution < -0.4 is 9.47 Å². The molecule has 0 unspecified atom stereocenters. The summed E-state index contributed by atoms with van der Waals surface area (Å²) in [6.45, 7) is 0.833. The van der Waals surface area contributed by atoms with Gasteiger partial charge in [0.1, 0.15) is 6.61 Å². The first-order valence-corrected chi connectivity index (χ1v) is 13.3. The zero-order valence-electron chi connectivity index (χ0n) is 21.2. The maximum absolute atomic E-state index is 13.7. The van der Waals surface area contributed by atoms with E-state index in [0.29, 0.717) is 30.4 Å². The normalized spacial score (nSPS) is 17.5. The van der Waals surface area contributed by atoms with E-state index in [0.717, 1.165) is 27.9 Å². The van der Waals surface area contributed by atoms with Crippen molar-refractivity contribution in [1.29, 1.82) is 0 Å². The second-order valence-corrected chi connectivity index (χ2v) is 10.2. The van der Waals surface area contributed by atoms with Crippen molar-refractivity contribution in [2.75, 3.05) is 20.2 Å². The molecule has 1 amide bonds. The predicted octanol–water partition coefficient (Wildman–Crippen LogP) is 6.86. The van der Waals surface area contributed by atoms with Crippen molar-refractivity contribution in [2.24, 2.45) is 0 Å². The van der Waals surface area contributed by atoms with Gasteiger partial charge in [-0.05, 0) is 48.6 Å². The van der Waals surface area contributed by atoms with Crippen LogP contribution in [-0.4, -0.2) is 42.1 Å². The number of likely N-dealkylation sites (N-methyl/N-ethyl adjacent to an activating group) is 1. The number of amides is 1. The zero-order chi connectivity index (χ0) is 25.2. The molecular formula is C32H32N2O3. The van der Waals surface area contributed by atoms with E-state index in [9.17, 15) is 4.79 Å². The number of rotatable bonds is 5. The fraction of sp³-hybridized carbons (Fsp3) is 0.312. The average molecular weight is 493 g/mol. The summed E-state index contributed by atoms with van der Waals surface area (Å²) in [6, 6.07) is 26.2. The summed E-state index contributed by atoms with van der Waals surface area (Å²) < 4.78 is 11.9. The van der Waals surface area contributed by atoms with Gasteiger partial charge >= 0.3 is 0 Å². The Hall–Kier alpha value is -3.86. The number of hydrogen-bond donors (Lipinski definition) is 0. The molecule has 0 spiro atoms. The minimum absolute atomic E-state index is 0.0545. The van der Waals surface area contributed by atoms with Gasteiger partial charge in [0.05, 0.1) is 23.3 Å². The highest BCUT2D eigenvalue weighted by molar-refractivity contribution is 6.07. The molecule has 3 aromatic carbocycles. The maximum atomic E-state index is 13.7. The Bertz CT molecular complexity index is 1410. The molecule has 0 saturated heterocycles. The van der Waals surface area contributed by atoms with Gasteiger partial charge < -0.3 is 14.4 Å². The van der Waals surface area contributed by atoms with Gasteiger partial charge in [0, 0.05) is 18.0 Å². The van der Waals surface area contributed by atoms with Crippen LogP contribution in [-0.2, 0) is 0 Å². The quantitative estimate of drug-likeness (QED) is 0.305. The highest BCUT2D eigenvalue weighted by atomic mass is 16.6. The molecule has 2 heterocycles. The molecule has 0 radical (unpaired) electrons. The minimum atomic E-state index is -0.233. The average Bonchev–Trinajstić information content (AvgIpc) is 2.96. The van der Waals surface area contributed by atoms with Crippen LogP contribution in [0.1, 0.15) is 53.9 Å². The second kappa shape index (κ2) is 10.3. The molecule has 0 bridgehead atoms. The van der Waals surface area contributed by atoms with Gasteiger partial charge in [-0.2, -0.15) is 0 Å². The van der Waals surface area contributed by atoms with Crippen LogP contribution in [0.3, 0.4) is 0 Å². The van der Waals surface area contributed by atoms with E-state index in [-0.39, 0.29) is 12.0 Å². The first kappa shape index (κ1) is 23.5. The van der Waals surface area contributed by atoms with Crippen LogP contribution in [0.4, 0.5) is 0 Å². The molecule has 1 saturated carbocycles. The number of hydrogen-bond acceptors (Lipinski definition) is 4. The Labute approximate surface area is 218 Å². The first-order valence-electron chi connectivity index (χ1n) is 13.3. The van der Waals surface area contributed by atoms with E-state index in [1.807, 2.05) is 61.6 Å². The fourth-order valence-corrected chi connectivity index (χ4v) is 5.61. The third-order valence-electron chi connectivity index (χ3n) is 7.62. The molecule has 6 rings (SSSR count). The molecule has 1 aromatic heterocycles. The summed E-state index contributed by atoms with van der Waals surface area (Å²) in [5.41, 5.74) is 4.73. The van der Waals surface area contributed by atoms with Crippen molar-refractivity contribution in [3.05, 3.63) is 90.0 Å². The number of pyridine rings is 1. The number of benzene rings is 3. The van der Waals surface area contributed by atoms with E-state index in [1.54, 1.807) is 4.90 Å². The minimum Gasteiger partial charge on any atom is -0.486 e. The van der Waals surface area contributed by atoms with Crippen molar-refractivity contribution in [3.63, 3.8) is 0 Å². The van der Waals surface area contributed by atoms with Gasteiger partial charge in [0.25, 0.3) is 5.91 Å². The number of para-hydroxylation sites is 3. The SMILES string of the molecule is CN(C[C@@H]1COc2ccccc2O1)C(=O)c1cc(-c2ccc(C3CCCCC3)cc2)nc2ccccc12. The van der Waals surface area contributed by atoms with Crippen LogP contribution in [0.2, 0.25) is 0 Å². The zero-order valence-corrected chi connectivity index (χ0v) is 21.2. The van der Waals surface area contributed by atoms with Crippen molar-refractivity contribution in [3.8, 4) is 22.8 Å². The molecule has 1 aliphatic heterocycles. The lowest BCUT2D eigenvalue weighted by atomic mass is 9.84. The van der Waals surface area contributed by atoms with Gasteiger partial charge in [0.15, 0.2) is 17.6 Å². The predicted molar refractivity (Wildman–Crippen MR) is 146 cm³/mol. The molecule has 188 valence electrons. The Kier molecular flexibility index (Phi) is 6.52. The molecule has 37 heavy (non-hydrogen) atoms. The second-order valence-electron chi connectivity index (χ2n) is 10.2. The van der Waals surface area contributed by atoms with Gasteiger partial charge in [-0.25, -0.2) is 4.98 Å². The number of ether oxygens (including phenoxy) is 2. The van der Waals surface area contributed by atoms with E-state index in [4.69, 9.17) is 14.5 Å². The molecular weight excluding hydrogens is 460 g/mol. The summed E-state index contributed by atoms with van der Waals surface area (Å²) in [5, 5.41) is 0.855. The van der Waals surface area contributed by atoms with Crippen molar-refractivity contribution >= 4 is 16.8 Å². The van der Waals surface area contributed by atoms with Crippen LogP contribution in [0, 0.1) is 0 Å². The monoisotopic (exact) mass is 492 g/mol. The number of carbonyl (C=O) groups excluding carboxylic acids is 1. The number of aromatic nitrogens is 1. The Morgan fingerprint density at radius 1 is 0.919 bits per heavy atom. The number of fused-ring (bicyclic) bond motifs is 2. The van der Waals surface area contributed by atoms with Gasteiger partial charge in [0.2, 0.25) is 0 Å². The molecule has 1 fully saturated rings. The van der Waals surface area contributed by atoms with Crippen LogP contribution >= 0.6 is 0 Å². The molecule has 5 heteroatoms. The van der Waals surface area contributed by atoms with Gasteiger partial charge in [-0.15, -0.1) is 0 Å². The van der Waals surface area contributed by atoms with Crippen LogP contribution in [0.25, 0.3) is 22.2 Å². The van der Waals surface area contributed by atoms with E-state index in [2.05, 4.69) is 24.3 Å². The third kappa shape index (κ3) is 4.91. The molecule has 0 N–H and O–H groups in total. The van der Waals surface area contributed by atoms with Crippen molar-refractivity contribution in [1.82, 2.24) is 9.88 Å². The van der Waals surface area contributed by atoms with E-state index in [1.165, 1.54) is 37.7 Å². The van der Waals surface area contributed by atoms with Crippen molar-refractivity contribution in [2.45, 2.75) is 44.1 Å². The smallest absolute Gasteiger partial charge is 0.254 e. The van der Waals surface area contributed by atoms with Crippen LogP contribution in [0.5, 0.6) is 11.5 Å². The number of nitrogens with zero attached hydrogens (tertiary/aromatic N) is 2. The summed E-state index contributed by atoms with van der Waals surface area (Å²) in [5.74, 6) is 2.07. The molecule has 1 aliphatic carbocycles.